The molecule has 0 bridgehead atoms. The van der Waals surface area contributed by atoms with Crippen LogP contribution in [0.2, 0.25) is 0 Å². The molecule has 7 heteroatoms. The van der Waals surface area contributed by atoms with E-state index in [1.165, 1.54) is 12.1 Å². The Morgan fingerprint density at radius 1 is 1.56 bits per heavy atom. The van der Waals surface area contributed by atoms with E-state index in [0.717, 1.165) is 0 Å². The summed E-state index contributed by atoms with van der Waals surface area (Å²) in [6.45, 7) is 4.70. The molecule has 0 saturated heterocycles. The quantitative estimate of drug-likeness (QED) is 0.591. The van der Waals surface area contributed by atoms with Gasteiger partial charge in [-0.3, -0.25) is 10.1 Å². The molecule has 0 saturated carbocycles. The Bertz CT molecular complexity index is 411. The van der Waals surface area contributed by atoms with Crippen molar-refractivity contribution in [2.24, 2.45) is 0 Å². The van der Waals surface area contributed by atoms with E-state index in [4.69, 9.17) is 9.47 Å². The minimum absolute atomic E-state index is 0.0550. The maximum absolute atomic E-state index is 10.8. The lowest BCUT2D eigenvalue weighted by atomic mass is 10.3. The number of nitrogens with zero attached hydrogens (tertiary/aromatic N) is 2. The number of hydrogen-bond donors (Lipinski definition) is 1. The molecule has 0 spiro atoms. The zero-order valence-electron chi connectivity index (χ0n) is 10.7. The average molecular weight is 255 g/mol. The van der Waals surface area contributed by atoms with Gasteiger partial charge in [-0.05, 0) is 13.8 Å². The number of methoxy groups -OCH3 is 1. The first kappa shape index (κ1) is 14.2. The van der Waals surface area contributed by atoms with E-state index in [1.54, 1.807) is 14.0 Å². The van der Waals surface area contributed by atoms with Crippen molar-refractivity contribution in [3.63, 3.8) is 0 Å². The SMILES string of the molecule is CCNc1cc([N+](=O)[O-])cc(OC(C)COC)n1. The third kappa shape index (κ3) is 4.17. The molecular weight excluding hydrogens is 238 g/mol. The number of hydrogen-bond acceptors (Lipinski definition) is 6. The third-order valence-electron chi connectivity index (χ3n) is 2.08. The van der Waals surface area contributed by atoms with Crippen molar-refractivity contribution >= 4 is 11.5 Å². The first-order valence-corrected chi connectivity index (χ1v) is 5.62. The fraction of sp³-hybridized carbons (Fsp3) is 0.545. The third-order valence-corrected chi connectivity index (χ3v) is 2.08. The van der Waals surface area contributed by atoms with Gasteiger partial charge in [-0.25, -0.2) is 0 Å². The van der Waals surface area contributed by atoms with Crippen molar-refractivity contribution in [2.45, 2.75) is 20.0 Å². The summed E-state index contributed by atoms with van der Waals surface area (Å²) >= 11 is 0. The zero-order chi connectivity index (χ0) is 13.5. The molecule has 0 aliphatic rings. The fourth-order valence-corrected chi connectivity index (χ4v) is 1.40. The molecule has 1 aromatic heterocycles. The van der Waals surface area contributed by atoms with E-state index in [2.05, 4.69) is 10.3 Å². The van der Waals surface area contributed by atoms with Gasteiger partial charge in [0.2, 0.25) is 5.88 Å². The van der Waals surface area contributed by atoms with Crippen LogP contribution in [-0.2, 0) is 4.74 Å². The van der Waals surface area contributed by atoms with Gasteiger partial charge in [-0.2, -0.15) is 4.98 Å². The summed E-state index contributed by atoms with van der Waals surface area (Å²) in [5, 5.41) is 13.7. The highest BCUT2D eigenvalue weighted by molar-refractivity contribution is 5.48. The molecule has 0 fully saturated rings. The standard InChI is InChI=1S/C11H17N3O4/c1-4-12-10-5-9(14(15)16)6-11(13-10)18-8(2)7-17-3/h5-6,8H,4,7H2,1-3H3,(H,12,13). The number of nitrogens with one attached hydrogen (secondary N) is 1. The van der Waals surface area contributed by atoms with Gasteiger partial charge < -0.3 is 14.8 Å². The molecule has 1 unspecified atom stereocenters. The minimum atomic E-state index is -0.476. The Hall–Kier alpha value is -1.89. The maximum Gasteiger partial charge on any atom is 0.278 e. The molecular formula is C11H17N3O4. The number of pyridine rings is 1. The van der Waals surface area contributed by atoms with Crippen LogP contribution in [0.25, 0.3) is 0 Å². The van der Waals surface area contributed by atoms with E-state index >= 15 is 0 Å². The molecule has 7 nitrogen and oxygen atoms in total. The number of anilines is 1. The summed E-state index contributed by atoms with van der Waals surface area (Å²) in [5.74, 6) is 0.635. The van der Waals surface area contributed by atoms with Crippen molar-refractivity contribution in [3.05, 3.63) is 22.2 Å². The van der Waals surface area contributed by atoms with Crippen LogP contribution in [0.3, 0.4) is 0 Å². The molecule has 1 aromatic rings. The lowest BCUT2D eigenvalue weighted by Gasteiger charge is -2.13. The van der Waals surface area contributed by atoms with Gasteiger partial charge in [0.15, 0.2) is 0 Å². The minimum Gasteiger partial charge on any atom is -0.472 e. The topological polar surface area (TPSA) is 86.5 Å². The van der Waals surface area contributed by atoms with Gasteiger partial charge in [0.25, 0.3) is 5.69 Å². The Balaban J connectivity index is 2.91. The normalized spacial score (nSPS) is 11.9. The van der Waals surface area contributed by atoms with Crippen molar-refractivity contribution in [2.75, 3.05) is 25.6 Å². The van der Waals surface area contributed by atoms with E-state index in [1.807, 2.05) is 6.92 Å². The van der Waals surface area contributed by atoms with Crippen molar-refractivity contribution in [1.29, 1.82) is 0 Å². The first-order chi connectivity index (χ1) is 8.56. The van der Waals surface area contributed by atoms with Crippen LogP contribution in [0, 0.1) is 10.1 Å². The van der Waals surface area contributed by atoms with Crippen LogP contribution in [0.5, 0.6) is 5.88 Å². The monoisotopic (exact) mass is 255 g/mol. The number of rotatable bonds is 7. The van der Waals surface area contributed by atoms with Crippen molar-refractivity contribution in [1.82, 2.24) is 4.98 Å². The van der Waals surface area contributed by atoms with Crippen LogP contribution in [0.15, 0.2) is 12.1 Å². The van der Waals surface area contributed by atoms with Crippen LogP contribution in [0.4, 0.5) is 11.5 Å². The highest BCUT2D eigenvalue weighted by Crippen LogP contribution is 2.22. The number of aromatic nitrogens is 1. The van der Waals surface area contributed by atoms with Gasteiger partial charge in [-0.1, -0.05) is 0 Å². The summed E-state index contributed by atoms with van der Waals surface area (Å²) in [6, 6.07) is 2.67. The Morgan fingerprint density at radius 2 is 2.28 bits per heavy atom. The molecule has 18 heavy (non-hydrogen) atoms. The van der Waals surface area contributed by atoms with Crippen LogP contribution >= 0.6 is 0 Å². The summed E-state index contributed by atoms with van der Waals surface area (Å²) in [5.41, 5.74) is -0.0550. The second kappa shape index (κ2) is 6.75. The molecule has 100 valence electrons. The van der Waals surface area contributed by atoms with Gasteiger partial charge in [0.05, 0.1) is 23.7 Å². The Morgan fingerprint density at radius 3 is 2.83 bits per heavy atom. The second-order valence-electron chi connectivity index (χ2n) is 3.72. The molecule has 1 rings (SSSR count). The summed E-state index contributed by atoms with van der Waals surface area (Å²) in [7, 11) is 1.56. The zero-order valence-corrected chi connectivity index (χ0v) is 10.7. The fourth-order valence-electron chi connectivity index (χ4n) is 1.40. The smallest absolute Gasteiger partial charge is 0.278 e. The highest BCUT2D eigenvalue weighted by Gasteiger charge is 2.13. The second-order valence-corrected chi connectivity index (χ2v) is 3.72. The number of ether oxygens (including phenoxy) is 2. The van der Waals surface area contributed by atoms with E-state index < -0.39 is 4.92 Å². The van der Waals surface area contributed by atoms with Gasteiger partial charge in [-0.15, -0.1) is 0 Å². The first-order valence-electron chi connectivity index (χ1n) is 5.62. The maximum atomic E-state index is 10.8. The summed E-state index contributed by atoms with van der Waals surface area (Å²) in [4.78, 5) is 14.4. The van der Waals surface area contributed by atoms with Crippen LogP contribution in [-0.4, -0.2) is 36.3 Å². The van der Waals surface area contributed by atoms with E-state index in [9.17, 15) is 10.1 Å². The van der Waals surface area contributed by atoms with Gasteiger partial charge >= 0.3 is 0 Å². The van der Waals surface area contributed by atoms with E-state index in [0.29, 0.717) is 19.0 Å². The van der Waals surface area contributed by atoms with E-state index in [-0.39, 0.29) is 17.7 Å². The highest BCUT2D eigenvalue weighted by atomic mass is 16.6. The molecule has 1 heterocycles. The van der Waals surface area contributed by atoms with Crippen LogP contribution < -0.4 is 10.1 Å². The largest absolute Gasteiger partial charge is 0.472 e. The summed E-state index contributed by atoms with van der Waals surface area (Å²) in [6.07, 6.45) is -0.223. The molecule has 1 N–H and O–H groups in total. The molecule has 0 amide bonds. The molecule has 0 aliphatic heterocycles. The van der Waals surface area contributed by atoms with Gasteiger partial charge in [0.1, 0.15) is 11.9 Å². The molecule has 0 aromatic carbocycles. The molecule has 0 aliphatic carbocycles. The Kier molecular flexibility index (Phi) is 5.31. The van der Waals surface area contributed by atoms with Crippen molar-refractivity contribution < 1.29 is 14.4 Å². The lowest BCUT2D eigenvalue weighted by Crippen LogP contribution is -2.19. The lowest BCUT2D eigenvalue weighted by molar-refractivity contribution is -0.384. The molecule has 1 atom stereocenters. The average Bonchev–Trinajstić information content (AvgIpc) is 2.29. The van der Waals surface area contributed by atoms with Crippen molar-refractivity contribution in [3.8, 4) is 5.88 Å². The number of nitro groups is 1. The summed E-state index contributed by atoms with van der Waals surface area (Å²) < 4.78 is 10.4. The van der Waals surface area contributed by atoms with Crippen LogP contribution in [0.1, 0.15) is 13.8 Å². The predicted molar refractivity (Wildman–Crippen MR) is 67.0 cm³/mol. The molecule has 0 radical (unpaired) electrons. The predicted octanol–water partition coefficient (Wildman–Crippen LogP) is 1.84. The Labute approximate surface area is 105 Å². The van der Waals surface area contributed by atoms with Gasteiger partial charge in [0, 0.05) is 13.7 Å².